The molecule has 0 aromatic heterocycles. The summed E-state index contributed by atoms with van der Waals surface area (Å²) in [5, 5.41) is 2.91. The normalized spacial score (nSPS) is 23.8. The first-order chi connectivity index (χ1) is 17.6. The first-order valence-corrected chi connectivity index (χ1v) is 12.1. The molecule has 1 fully saturated rings. The molecule has 5 atom stereocenters. The van der Waals surface area contributed by atoms with E-state index < -0.39 is 37.3 Å². The molecule has 6 nitrogen and oxygen atoms in total. The van der Waals surface area contributed by atoms with E-state index >= 15 is 0 Å². The highest BCUT2D eigenvalue weighted by Crippen LogP contribution is 2.29. The molecule has 4 rings (SSSR count). The van der Waals surface area contributed by atoms with Crippen molar-refractivity contribution in [2.75, 3.05) is 6.67 Å². The van der Waals surface area contributed by atoms with Crippen molar-refractivity contribution < 1.29 is 28.1 Å². The average molecular weight is 494 g/mol. The second-order valence-corrected chi connectivity index (χ2v) is 8.74. The summed E-state index contributed by atoms with van der Waals surface area (Å²) < 4.78 is 39.0. The van der Waals surface area contributed by atoms with Gasteiger partial charge in [-0.05, 0) is 16.7 Å². The van der Waals surface area contributed by atoms with Crippen LogP contribution in [0.15, 0.2) is 91.0 Å². The van der Waals surface area contributed by atoms with Gasteiger partial charge in [0.1, 0.15) is 31.0 Å². The summed E-state index contributed by atoms with van der Waals surface area (Å²) in [6.07, 6.45) is -3.34. The molecule has 0 bridgehead atoms. The minimum absolute atomic E-state index is 0.238. The Kier molecular flexibility index (Phi) is 9.58. The summed E-state index contributed by atoms with van der Waals surface area (Å²) >= 11 is 0. The number of ether oxygens (including phenoxy) is 4. The summed E-state index contributed by atoms with van der Waals surface area (Å²) in [6.45, 7) is 1.38. The summed E-state index contributed by atoms with van der Waals surface area (Å²) in [5.41, 5.74) is 2.82. The minimum Gasteiger partial charge on any atom is -0.368 e. The number of carbonyl (C=O) groups excluding carboxylic acids is 1. The van der Waals surface area contributed by atoms with Crippen molar-refractivity contribution in [1.82, 2.24) is 5.32 Å². The monoisotopic (exact) mass is 493 g/mol. The molecule has 0 saturated carbocycles. The van der Waals surface area contributed by atoms with Crippen molar-refractivity contribution in [1.29, 1.82) is 0 Å². The topological polar surface area (TPSA) is 66.0 Å². The molecular weight excluding hydrogens is 461 g/mol. The van der Waals surface area contributed by atoms with Crippen LogP contribution in [0.2, 0.25) is 0 Å². The van der Waals surface area contributed by atoms with E-state index in [1.807, 2.05) is 91.0 Å². The maximum Gasteiger partial charge on any atom is 0.217 e. The first-order valence-electron chi connectivity index (χ1n) is 12.1. The third-order valence-corrected chi connectivity index (χ3v) is 6.00. The van der Waals surface area contributed by atoms with Crippen LogP contribution in [0.3, 0.4) is 0 Å². The second-order valence-electron chi connectivity index (χ2n) is 8.74. The third-order valence-electron chi connectivity index (χ3n) is 6.00. The van der Waals surface area contributed by atoms with Crippen LogP contribution < -0.4 is 5.32 Å². The van der Waals surface area contributed by atoms with E-state index in [2.05, 4.69) is 5.32 Å². The zero-order valence-electron chi connectivity index (χ0n) is 20.3. The fourth-order valence-electron chi connectivity index (χ4n) is 4.24. The van der Waals surface area contributed by atoms with E-state index in [9.17, 15) is 9.18 Å². The number of hydrogen-bond donors (Lipinski definition) is 1. The van der Waals surface area contributed by atoms with Gasteiger partial charge >= 0.3 is 0 Å². The molecule has 1 N–H and O–H groups in total. The smallest absolute Gasteiger partial charge is 0.217 e. The Morgan fingerprint density at radius 1 is 0.750 bits per heavy atom. The largest absolute Gasteiger partial charge is 0.368 e. The molecule has 0 aliphatic carbocycles. The first kappa shape index (κ1) is 26.0. The maximum absolute atomic E-state index is 14.3. The van der Waals surface area contributed by atoms with E-state index in [4.69, 9.17) is 18.9 Å². The van der Waals surface area contributed by atoms with Gasteiger partial charge in [-0.2, -0.15) is 0 Å². The quantitative estimate of drug-likeness (QED) is 0.424. The van der Waals surface area contributed by atoms with Gasteiger partial charge in [-0.25, -0.2) is 4.39 Å². The average Bonchev–Trinajstić information content (AvgIpc) is 2.92. The van der Waals surface area contributed by atoms with Gasteiger partial charge in [0, 0.05) is 6.92 Å². The van der Waals surface area contributed by atoms with Gasteiger partial charge in [-0.3, -0.25) is 4.79 Å². The fourth-order valence-corrected chi connectivity index (χ4v) is 4.24. The Labute approximate surface area is 211 Å². The molecule has 1 aliphatic heterocycles. The third kappa shape index (κ3) is 7.21. The molecular formula is C29H32FNO5. The van der Waals surface area contributed by atoms with E-state index in [-0.39, 0.29) is 25.7 Å². The van der Waals surface area contributed by atoms with Gasteiger partial charge in [0.25, 0.3) is 0 Å². The van der Waals surface area contributed by atoms with Crippen LogP contribution >= 0.6 is 0 Å². The Bertz CT molecular complexity index is 1050. The van der Waals surface area contributed by atoms with Crippen LogP contribution in [-0.4, -0.2) is 43.2 Å². The number of amides is 1. The van der Waals surface area contributed by atoms with Crippen molar-refractivity contribution in [3.63, 3.8) is 0 Å². The summed E-state index contributed by atoms with van der Waals surface area (Å²) in [5.74, 6) is -0.272. The number of benzene rings is 3. The number of carbonyl (C=O) groups is 1. The van der Waals surface area contributed by atoms with Crippen LogP contribution in [0.4, 0.5) is 4.39 Å². The Morgan fingerprint density at radius 2 is 1.19 bits per heavy atom. The standard InChI is InChI=1S/C29H32FNO5/c1-21(32)31-26-28(34-19-23-13-7-3-8-14-23)27(33-18-22-11-5-2-6-12-22)25(17-30)36-29(26)35-20-24-15-9-4-10-16-24/h2-16,25-29H,17-20H2,1H3,(H,31,32)/t25-,26-,27-,28-,29+/m1/s1. The minimum atomic E-state index is -0.930. The van der Waals surface area contributed by atoms with Crippen molar-refractivity contribution in [2.24, 2.45) is 0 Å². The Hall–Kier alpha value is -3.10. The fraction of sp³-hybridized carbons (Fsp3) is 0.345. The molecule has 0 radical (unpaired) electrons. The second kappa shape index (κ2) is 13.3. The zero-order valence-corrected chi connectivity index (χ0v) is 20.3. The molecule has 0 unspecified atom stereocenters. The van der Waals surface area contributed by atoms with Crippen molar-refractivity contribution in [2.45, 2.75) is 57.4 Å². The highest BCUT2D eigenvalue weighted by atomic mass is 19.1. The molecule has 3 aromatic rings. The molecule has 36 heavy (non-hydrogen) atoms. The lowest BCUT2D eigenvalue weighted by Crippen LogP contribution is -2.65. The lowest BCUT2D eigenvalue weighted by molar-refractivity contribution is -0.287. The van der Waals surface area contributed by atoms with E-state index in [1.165, 1.54) is 6.92 Å². The van der Waals surface area contributed by atoms with Crippen LogP contribution in [0.1, 0.15) is 23.6 Å². The zero-order chi connectivity index (χ0) is 25.2. The summed E-state index contributed by atoms with van der Waals surface area (Å²) in [6, 6.07) is 28.2. The van der Waals surface area contributed by atoms with Crippen LogP contribution in [0.5, 0.6) is 0 Å². The SMILES string of the molecule is CC(=O)N[C@H]1[C@@H](OCc2ccccc2)O[C@H](CF)[C@@H](OCc2ccccc2)[C@@H]1OCc1ccccc1. The van der Waals surface area contributed by atoms with Gasteiger partial charge < -0.3 is 24.3 Å². The van der Waals surface area contributed by atoms with Gasteiger partial charge in [-0.1, -0.05) is 91.0 Å². The number of hydrogen-bond acceptors (Lipinski definition) is 5. The lowest BCUT2D eigenvalue weighted by atomic mass is 9.96. The number of alkyl halides is 1. The maximum atomic E-state index is 14.3. The van der Waals surface area contributed by atoms with E-state index in [1.54, 1.807) is 0 Å². The van der Waals surface area contributed by atoms with Gasteiger partial charge in [0.2, 0.25) is 5.91 Å². The molecule has 1 saturated heterocycles. The van der Waals surface area contributed by atoms with Crippen LogP contribution in [0, 0.1) is 0 Å². The van der Waals surface area contributed by atoms with Gasteiger partial charge in [0.15, 0.2) is 6.29 Å². The van der Waals surface area contributed by atoms with Crippen molar-refractivity contribution in [3.8, 4) is 0 Å². The molecule has 1 amide bonds. The number of nitrogens with one attached hydrogen (secondary N) is 1. The summed E-state index contributed by atoms with van der Waals surface area (Å²) in [7, 11) is 0. The molecule has 0 spiro atoms. The number of halogens is 1. The molecule has 3 aromatic carbocycles. The van der Waals surface area contributed by atoms with Crippen molar-refractivity contribution >= 4 is 5.91 Å². The van der Waals surface area contributed by atoms with Gasteiger partial charge in [-0.15, -0.1) is 0 Å². The highest BCUT2D eigenvalue weighted by Gasteiger charge is 2.48. The van der Waals surface area contributed by atoms with E-state index in [0.717, 1.165) is 16.7 Å². The highest BCUT2D eigenvalue weighted by molar-refractivity contribution is 5.73. The molecule has 1 aliphatic rings. The molecule has 1 heterocycles. The van der Waals surface area contributed by atoms with E-state index in [0.29, 0.717) is 0 Å². The predicted molar refractivity (Wildman–Crippen MR) is 134 cm³/mol. The Balaban J connectivity index is 1.58. The Morgan fingerprint density at radius 3 is 1.64 bits per heavy atom. The van der Waals surface area contributed by atoms with Crippen LogP contribution in [-0.2, 0) is 43.6 Å². The van der Waals surface area contributed by atoms with Crippen molar-refractivity contribution in [3.05, 3.63) is 108 Å². The molecule has 7 heteroatoms. The predicted octanol–water partition coefficient (Wildman–Crippen LogP) is 4.57. The van der Waals surface area contributed by atoms with Crippen LogP contribution in [0.25, 0.3) is 0 Å². The van der Waals surface area contributed by atoms with Gasteiger partial charge in [0.05, 0.1) is 19.8 Å². The number of rotatable bonds is 11. The lowest BCUT2D eigenvalue weighted by Gasteiger charge is -2.45. The molecule has 190 valence electrons. The summed E-state index contributed by atoms with van der Waals surface area (Å²) in [4.78, 5) is 12.2.